The molecule has 0 aromatic carbocycles. The first-order valence-electron chi connectivity index (χ1n) is 6.28. The number of hydrogen-bond acceptors (Lipinski definition) is 4. The molecule has 5 nitrogen and oxygen atoms in total. The molecular formula is C14H14BrNO4S. The van der Waals surface area contributed by atoms with Gasteiger partial charge in [-0.1, -0.05) is 6.92 Å². The largest absolute Gasteiger partial charge is 0.478 e. The number of carbonyl (C=O) groups excluding carboxylic acids is 1. The van der Waals surface area contributed by atoms with Crippen molar-refractivity contribution in [3.63, 3.8) is 0 Å². The van der Waals surface area contributed by atoms with Crippen molar-refractivity contribution in [3.8, 4) is 0 Å². The van der Waals surface area contributed by atoms with Gasteiger partial charge in [0, 0.05) is 10.4 Å². The first-order chi connectivity index (χ1) is 9.85. The molecule has 112 valence electrons. The molecule has 0 bridgehead atoms. The zero-order valence-corrected chi connectivity index (χ0v) is 14.1. The predicted molar refractivity (Wildman–Crippen MR) is 84.5 cm³/mol. The molecule has 7 heteroatoms. The fourth-order valence-electron chi connectivity index (χ4n) is 2.15. The van der Waals surface area contributed by atoms with E-state index in [4.69, 9.17) is 4.42 Å². The molecule has 2 N–H and O–H groups in total. The molecule has 2 rings (SSSR count). The lowest BCUT2D eigenvalue weighted by Gasteiger charge is -2.04. The monoisotopic (exact) mass is 371 g/mol. The van der Waals surface area contributed by atoms with Crippen LogP contribution in [0, 0.1) is 13.8 Å². The summed E-state index contributed by atoms with van der Waals surface area (Å²) in [4.78, 5) is 24.5. The number of rotatable bonds is 4. The van der Waals surface area contributed by atoms with Crippen LogP contribution in [0.4, 0.5) is 5.00 Å². The minimum Gasteiger partial charge on any atom is -0.478 e. The van der Waals surface area contributed by atoms with E-state index in [1.807, 2.05) is 13.8 Å². The molecule has 0 fully saturated rings. The van der Waals surface area contributed by atoms with Gasteiger partial charge in [-0.15, -0.1) is 11.3 Å². The van der Waals surface area contributed by atoms with Crippen LogP contribution in [0.3, 0.4) is 0 Å². The van der Waals surface area contributed by atoms with Crippen molar-refractivity contribution in [2.45, 2.75) is 27.2 Å². The third kappa shape index (κ3) is 3.03. The van der Waals surface area contributed by atoms with Crippen LogP contribution in [-0.2, 0) is 6.42 Å². The van der Waals surface area contributed by atoms with Gasteiger partial charge in [-0.05, 0) is 47.8 Å². The van der Waals surface area contributed by atoms with E-state index in [1.165, 1.54) is 11.3 Å². The second kappa shape index (κ2) is 6.03. The quantitative estimate of drug-likeness (QED) is 0.842. The number of thiophene rings is 1. The number of amides is 1. The predicted octanol–water partition coefficient (Wildman–Crippen LogP) is 4.23. The van der Waals surface area contributed by atoms with Crippen molar-refractivity contribution in [1.29, 1.82) is 0 Å². The number of anilines is 1. The van der Waals surface area contributed by atoms with E-state index < -0.39 is 11.9 Å². The van der Waals surface area contributed by atoms with Gasteiger partial charge in [0.05, 0.1) is 5.56 Å². The average molecular weight is 372 g/mol. The van der Waals surface area contributed by atoms with Gasteiger partial charge in [0.2, 0.25) is 0 Å². The highest BCUT2D eigenvalue weighted by atomic mass is 79.9. The topological polar surface area (TPSA) is 79.5 Å². The van der Waals surface area contributed by atoms with Crippen molar-refractivity contribution < 1.29 is 19.1 Å². The summed E-state index contributed by atoms with van der Waals surface area (Å²) in [6.07, 6.45) is 0.602. The number of hydrogen-bond donors (Lipinski definition) is 2. The number of carbonyl (C=O) groups is 2. The minimum absolute atomic E-state index is 0.164. The Morgan fingerprint density at radius 3 is 2.57 bits per heavy atom. The summed E-state index contributed by atoms with van der Waals surface area (Å²) in [6.45, 7) is 5.49. The van der Waals surface area contributed by atoms with Crippen molar-refractivity contribution in [2.75, 3.05) is 5.32 Å². The number of nitrogens with one attached hydrogen (secondary N) is 1. The third-order valence-electron chi connectivity index (χ3n) is 3.10. The van der Waals surface area contributed by atoms with Gasteiger partial charge in [0.25, 0.3) is 5.91 Å². The Balaban J connectivity index is 2.38. The average Bonchev–Trinajstić information content (AvgIpc) is 2.88. The second-order valence-corrected chi connectivity index (χ2v) is 6.52. The Morgan fingerprint density at radius 1 is 1.43 bits per heavy atom. The zero-order valence-electron chi connectivity index (χ0n) is 11.7. The molecule has 0 unspecified atom stereocenters. The normalized spacial score (nSPS) is 10.7. The summed E-state index contributed by atoms with van der Waals surface area (Å²) < 4.78 is 5.73. The maximum Gasteiger partial charge on any atom is 0.339 e. The number of furan rings is 1. The maximum absolute atomic E-state index is 12.2. The zero-order chi connectivity index (χ0) is 15.7. The summed E-state index contributed by atoms with van der Waals surface area (Å²) in [6, 6.07) is 1.68. The fourth-order valence-corrected chi connectivity index (χ4v) is 3.78. The highest BCUT2D eigenvalue weighted by Gasteiger charge is 2.24. The Morgan fingerprint density at radius 2 is 2.10 bits per heavy atom. The van der Waals surface area contributed by atoms with E-state index in [1.54, 1.807) is 13.0 Å². The SMILES string of the molecule is CCc1c(C)sc(NC(=O)c2oc(Br)cc2C)c1C(=O)O. The number of aryl methyl sites for hydroxylation is 2. The third-order valence-corrected chi connectivity index (χ3v) is 4.55. The lowest BCUT2D eigenvalue weighted by molar-refractivity contribution is 0.0697. The molecule has 0 saturated carbocycles. The number of aromatic carboxylic acids is 1. The van der Waals surface area contributed by atoms with Gasteiger partial charge in [-0.25, -0.2) is 4.79 Å². The fraction of sp³-hybridized carbons (Fsp3) is 0.286. The molecule has 0 spiro atoms. The molecule has 0 aliphatic rings. The van der Waals surface area contributed by atoms with Crippen LogP contribution in [0.2, 0.25) is 0 Å². The standard InChI is InChI=1S/C14H14BrNO4S/c1-4-8-7(3)21-13(10(8)14(18)19)16-12(17)11-6(2)5-9(15)20-11/h5H,4H2,1-3H3,(H,16,17)(H,18,19). The first-order valence-corrected chi connectivity index (χ1v) is 7.88. The van der Waals surface area contributed by atoms with Crippen LogP contribution in [0.1, 0.15) is 43.8 Å². The number of carboxylic acids is 1. The van der Waals surface area contributed by atoms with Crippen molar-refractivity contribution in [3.05, 3.63) is 38.1 Å². The van der Waals surface area contributed by atoms with E-state index in [2.05, 4.69) is 21.2 Å². The lowest BCUT2D eigenvalue weighted by atomic mass is 10.1. The summed E-state index contributed by atoms with van der Waals surface area (Å²) in [5.41, 5.74) is 1.59. The van der Waals surface area contributed by atoms with E-state index in [9.17, 15) is 14.7 Å². The maximum atomic E-state index is 12.2. The van der Waals surface area contributed by atoms with E-state index in [-0.39, 0.29) is 11.3 Å². The van der Waals surface area contributed by atoms with Gasteiger partial charge in [-0.3, -0.25) is 4.79 Å². The molecule has 0 saturated heterocycles. The Labute approximate surface area is 134 Å². The van der Waals surface area contributed by atoms with Crippen molar-refractivity contribution >= 4 is 44.1 Å². The highest BCUT2D eigenvalue weighted by Crippen LogP contribution is 2.34. The van der Waals surface area contributed by atoms with E-state index >= 15 is 0 Å². The van der Waals surface area contributed by atoms with Gasteiger partial charge >= 0.3 is 5.97 Å². The molecule has 0 aliphatic carbocycles. The molecule has 2 aromatic heterocycles. The molecule has 2 aromatic rings. The van der Waals surface area contributed by atoms with E-state index in [0.717, 1.165) is 10.4 Å². The summed E-state index contributed by atoms with van der Waals surface area (Å²) >= 11 is 4.43. The molecule has 0 aliphatic heterocycles. The van der Waals surface area contributed by atoms with Crippen LogP contribution in [0.15, 0.2) is 15.2 Å². The number of carboxylic acid groups (broad SMARTS) is 1. The van der Waals surface area contributed by atoms with Crippen LogP contribution < -0.4 is 5.32 Å². The molecular weight excluding hydrogens is 358 g/mol. The Hall–Kier alpha value is -1.60. The van der Waals surface area contributed by atoms with Gasteiger partial charge in [-0.2, -0.15) is 0 Å². The van der Waals surface area contributed by atoms with Gasteiger partial charge < -0.3 is 14.8 Å². The van der Waals surface area contributed by atoms with Crippen LogP contribution in [-0.4, -0.2) is 17.0 Å². The van der Waals surface area contributed by atoms with Crippen molar-refractivity contribution in [2.24, 2.45) is 0 Å². The summed E-state index contributed by atoms with van der Waals surface area (Å²) in [5, 5.41) is 12.3. The smallest absolute Gasteiger partial charge is 0.339 e. The Kier molecular flexibility index (Phi) is 4.53. The highest BCUT2D eigenvalue weighted by molar-refractivity contribution is 9.10. The summed E-state index contributed by atoms with van der Waals surface area (Å²) in [7, 11) is 0. The van der Waals surface area contributed by atoms with Crippen LogP contribution in [0.25, 0.3) is 0 Å². The van der Waals surface area contributed by atoms with E-state index in [0.29, 0.717) is 21.7 Å². The molecule has 2 heterocycles. The Bertz CT molecular complexity index is 717. The first kappa shape index (κ1) is 15.8. The van der Waals surface area contributed by atoms with Gasteiger partial charge in [0.1, 0.15) is 5.00 Å². The van der Waals surface area contributed by atoms with Crippen LogP contribution >= 0.6 is 27.3 Å². The van der Waals surface area contributed by atoms with Crippen molar-refractivity contribution in [1.82, 2.24) is 0 Å². The molecule has 0 radical (unpaired) electrons. The minimum atomic E-state index is -1.04. The van der Waals surface area contributed by atoms with Crippen LogP contribution in [0.5, 0.6) is 0 Å². The second-order valence-electron chi connectivity index (χ2n) is 4.52. The summed E-state index contributed by atoms with van der Waals surface area (Å²) in [5.74, 6) is -1.32. The molecule has 21 heavy (non-hydrogen) atoms. The van der Waals surface area contributed by atoms with Gasteiger partial charge in [0.15, 0.2) is 10.4 Å². The lowest BCUT2D eigenvalue weighted by Crippen LogP contribution is -2.14. The molecule has 0 atom stereocenters. The molecule has 1 amide bonds. The number of halogens is 1.